The highest BCUT2D eigenvalue weighted by Crippen LogP contribution is 2.34. The summed E-state index contributed by atoms with van der Waals surface area (Å²) in [5, 5.41) is 9.59. The second-order valence-electron chi connectivity index (χ2n) is 5.75. The van der Waals surface area contributed by atoms with Crippen molar-refractivity contribution in [3.63, 3.8) is 0 Å². The van der Waals surface area contributed by atoms with E-state index in [1.54, 1.807) is 0 Å². The summed E-state index contributed by atoms with van der Waals surface area (Å²) in [6, 6.07) is 12.9. The Bertz CT molecular complexity index is 408. The van der Waals surface area contributed by atoms with E-state index in [-0.39, 0.29) is 5.41 Å². The molecule has 2 rings (SSSR count). The van der Waals surface area contributed by atoms with Crippen molar-refractivity contribution < 1.29 is 0 Å². The topological polar surface area (TPSA) is 27.0 Å². The molecule has 1 aromatic carbocycles. The fourth-order valence-electron chi connectivity index (χ4n) is 2.86. The molecule has 2 nitrogen and oxygen atoms in total. The Morgan fingerprint density at radius 2 is 1.83 bits per heavy atom. The fourth-order valence-corrected chi connectivity index (χ4v) is 2.86. The number of piperidine rings is 1. The van der Waals surface area contributed by atoms with Gasteiger partial charge in [0.2, 0.25) is 0 Å². The number of nitrogens with zero attached hydrogens (tertiary/aromatic N) is 2. The van der Waals surface area contributed by atoms with Gasteiger partial charge >= 0.3 is 0 Å². The largest absolute Gasteiger partial charge is 0.303 e. The van der Waals surface area contributed by atoms with Crippen LogP contribution in [0, 0.1) is 17.2 Å². The number of nitriles is 1. The molecule has 0 aliphatic carbocycles. The van der Waals surface area contributed by atoms with E-state index >= 15 is 0 Å². The summed E-state index contributed by atoms with van der Waals surface area (Å²) < 4.78 is 0. The third-order valence-electron chi connectivity index (χ3n) is 3.87. The smallest absolute Gasteiger partial charge is 0.0846 e. The predicted octanol–water partition coefficient (Wildman–Crippen LogP) is 3.20. The minimum atomic E-state index is -0.255. The maximum absolute atomic E-state index is 9.59. The average molecular weight is 242 g/mol. The summed E-state index contributed by atoms with van der Waals surface area (Å²) in [6.45, 7) is 7.74. The van der Waals surface area contributed by atoms with Crippen LogP contribution in [0.5, 0.6) is 0 Å². The van der Waals surface area contributed by atoms with Gasteiger partial charge in [0.1, 0.15) is 0 Å². The van der Waals surface area contributed by atoms with E-state index in [0.29, 0.717) is 5.92 Å². The molecule has 1 aromatic rings. The highest BCUT2D eigenvalue weighted by Gasteiger charge is 2.36. The Kier molecular flexibility index (Phi) is 4.04. The third-order valence-corrected chi connectivity index (χ3v) is 3.87. The number of benzene rings is 1. The number of likely N-dealkylation sites (tertiary alicyclic amines) is 1. The zero-order valence-electron chi connectivity index (χ0n) is 11.4. The molecule has 18 heavy (non-hydrogen) atoms. The quantitative estimate of drug-likeness (QED) is 0.814. The molecule has 0 unspecified atom stereocenters. The van der Waals surface area contributed by atoms with Crippen molar-refractivity contribution >= 4 is 0 Å². The van der Waals surface area contributed by atoms with Crippen LogP contribution >= 0.6 is 0 Å². The van der Waals surface area contributed by atoms with E-state index in [2.05, 4.69) is 36.9 Å². The van der Waals surface area contributed by atoms with Crippen molar-refractivity contribution in [1.82, 2.24) is 4.90 Å². The molecule has 0 spiro atoms. The minimum absolute atomic E-state index is 0.255. The van der Waals surface area contributed by atoms with Gasteiger partial charge < -0.3 is 4.90 Å². The Morgan fingerprint density at radius 3 is 2.33 bits per heavy atom. The molecule has 2 heteroatoms. The third kappa shape index (κ3) is 2.73. The van der Waals surface area contributed by atoms with Crippen molar-refractivity contribution in [2.45, 2.75) is 32.1 Å². The lowest BCUT2D eigenvalue weighted by Gasteiger charge is -2.38. The molecule has 0 radical (unpaired) electrons. The Balaban J connectivity index is 2.08. The van der Waals surface area contributed by atoms with Gasteiger partial charge in [-0.15, -0.1) is 0 Å². The summed E-state index contributed by atoms with van der Waals surface area (Å²) in [5.41, 5.74) is 0.936. The van der Waals surface area contributed by atoms with E-state index in [1.165, 1.54) is 5.56 Å². The second kappa shape index (κ2) is 5.54. The van der Waals surface area contributed by atoms with Gasteiger partial charge in [0.25, 0.3) is 0 Å². The van der Waals surface area contributed by atoms with Gasteiger partial charge in [0.15, 0.2) is 0 Å². The van der Waals surface area contributed by atoms with Crippen molar-refractivity contribution in [1.29, 1.82) is 5.26 Å². The van der Waals surface area contributed by atoms with Crippen LogP contribution in [0.3, 0.4) is 0 Å². The average Bonchev–Trinajstić information content (AvgIpc) is 2.40. The minimum Gasteiger partial charge on any atom is -0.303 e. The first-order valence-corrected chi connectivity index (χ1v) is 6.85. The predicted molar refractivity (Wildman–Crippen MR) is 74.2 cm³/mol. The monoisotopic (exact) mass is 242 g/mol. The van der Waals surface area contributed by atoms with Gasteiger partial charge in [-0.1, -0.05) is 44.2 Å². The van der Waals surface area contributed by atoms with Gasteiger partial charge in [0.05, 0.1) is 11.5 Å². The van der Waals surface area contributed by atoms with Crippen LogP contribution in [0.1, 0.15) is 32.3 Å². The normalized spacial score (nSPS) is 19.7. The second-order valence-corrected chi connectivity index (χ2v) is 5.75. The van der Waals surface area contributed by atoms with E-state index in [4.69, 9.17) is 0 Å². The zero-order chi connectivity index (χ0) is 13.0. The molecule has 1 fully saturated rings. The lowest BCUT2D eigenvalue weighted by atomic mass is 9.74. The number of hydrogen-bond acceptors (Lipinski definition) is 2. The van der Waals surface area contributed by atoms with Gasteiger partial charge in [0, 0.05) is 6.54 Å². The molecular weight excluding hydrogens is 220 g/mol. The first-order valence-electron chi connectivity index (χ1n) is 6.85. The summed E-state index contributed by atoms with van der Waals surface area (Å²) in [7, 11) is 0. The van der Waals surface area contributed by atoms with Crippen molar-refractivity contribution in [2.75, 3.05) is 19.6 Å². The van der Waals surface area contributed by atoms with E-state index in [1.807, 2.05) is 18.2 Å². The highest BCUT2D eigenvalue weighted by molar-refractivity contribution is 5.33. The Morgan fingerprint density at radius 1 is 1.22 bits per heavy atom. The molecule has 1 aliphatic heterocycles. The molecule has 0 saturated carbocycles. The van der Waals surface area contributed by atoms with E-state index in [0.717, 1.165) is 32.5 Å². The maximum Gasteiger partial charge on any atom is 0.0846 e. The van der Waals surface area contributed by atoms with Crippen LogP contribution in [-0.4, -0.2) is 24.5 Å². The molecule has 0 bridgehead atoms. The van der Waals surface area contributed by atoms with Gasteiger partial charge in [-0.05, 0) is 37.4 Å². The molecule has 1 heterocycles. The van der Waals surface area contributed by atoms with Crippen LogP contribution in [0.25, 0.3) is 0 Å². The Hall–Kier alpha value is -1.33. The molecular formula is C16H22N2. The van der Waals surface area contributed by atoms with Gasteiger partial charge in [-0.2, -0.15) is 5.26 Å². The maximum atomic E-state index is 9.59. The van der Waals surface area contributed by atoms with Crippen LogP contribution < -0.4 is 0 Å². The summed E-state index contributed by atoms with van der Waals surface area (Å²) in [4.78, 5) is 2.49. The van der Waals surface area contributed by atoms with E-state index < -0.39 is 0 Å². The Labute approximate surface area is 110 Å². The van der Waals surface area contributed by atoms with Crippen LogP contribution in [0.15, 0.2) is 30.3 Å². The van der Waals surface area contributed by atoms with Crippen molar-refractivity contribution in [2.24, 2.45) is 5.92 Å². The first-order chi connectivity index (χ1) is 8.66. The molecule has 0 aromatic heterocycles. The molecule has 1 saturated heterocycles. The summed E-state index contributed by atoms with van der Waals surface area (Å²) in [5.74, 6) is 0.705. The fraction of sp³-hybridized carbons (Fsp3) is 0.562. The van der Waals surface area contributed by atoms with Crippen LogP contribution in [0.2, 0.25) is 0 Å². The van der Waals surface area contributed by atoms with Crippen molar-refractivity contribution in [3.05, 3.63) is 35.9 Å². The molecule has 96 valence electrons. The standard InChI is InChI=1S/C16H22N2/c1-14(2)12-18-10-8-16(13-17,9-11-18)15-6-4-3-5-7-15/h3-7,14H,8-12H2,1-2H3. The molecule has 0 atom stereocenters. The number of rotatable bonds is 3. The van der Waals surface area contributed by atoms with Gasteiger partial charge in [-0.25, -0.2) is 0 Å². The number of hydrogen-bond donors (Lipinski definition) is 0. The lowest BCUT2D eigenvalue weighted by Crippen LogP contribution is -2.43. The van der Waals surface area contributed by atoms with Crippen LogP contribution in [0.4, 0.5) is 0 Å². The zero-order valence-corrected chi connectivity index (χ0v) is 11.4. The molecule has 0 N–H and O–H groups in total. The van der Waals surface area contributed by atoms with Crippen LogP contribution in [-0.2, 0) is 5.41 Å². The summed E-state index contributed by atoms with van der Waals surface area (Å²) in [6.07, 6.45) is 1.92. The van der Waals surface area contributed by atoms with Crippen molar-refractivity contribution in [3.8, 4) is 6.07 Å². The highest BCUT2D eigenvalue weighted by atomic mass is 15.1. The van der Waals surface area contributed by atoms with Gasteiger partial charge in [-0.3, -0.25) is 0 Å². The summed E-state index contributed by atoms with van der Waals surface area (Å²) >= 11 is 0. The lowest BCUT2D eigenvalue weighted by molar-refractivity contribution is 0.169. The molecule has 0 amide bonds. The first kappa shape index (κ1) is 13.1. The SMILES string of the molecule is CC(C)CN1CCC(C#N)(c2ccccc2)CC1. The molecule has 1 aliphatic rings. The van der Waals surface area contributed by atoms with E-state index in [9.17, 15) is 5.26 Å².